The zero-order valence-electron chi connectivity index (χ0n) is 15.0. The van der Waals surface area contributed by atoms with Gasteiger partial charge < -0.3 is 10.2 Å². The van der Waals surface area contributed by atoms with E-state index in [2.05, 4.69) is 5.32 Å². The normalized spacial score (nSPS) is 19.4. The molecule has 5 heteroatoms. The van der Waals surface area contributed by atoms with Crippen molar-refractivity contribution in [2.24, 2.45) is 0 Å². The van der Waals surface area contributed by atoms with Crippen LogP contribution in [0.5, 0.6) is 0 Å². The van der Waals surface area contributed by atoms with Gasteiger partial charge in [0, 0.05) is 18.2 Å². The van der Waals surface area contributed by atoms with Crippen LogP contribution in [-0.2, 0) is 11.3 Å². The number of hydrogen-bond acceptors (Lipinski definition) is 3. The Kier molecular flexibility index (Phi) is 6.40. The fourth-order valence-corrected chi connectivity index (χ4v) is 4.37. The number of amides is 2. The quantitative estimate of drug-likeness (QED) is 0.789. The van der Waals surface area contributed by atoms with Crippen LogP contribution in [0.15, 0.2) is 24.3 Å². The first-order valence-corrected chi connectivity index (χ1v) is 10.8. The van der Waals surface area contributed by atoms with Crippen molar-refractivity contribution in [1.82, 2.24) is 10.2 Å². The van der Waals surface area contributed by atoms with Gasteiger partial charge in [-0.25, -0.2) is 0 Å². The predicted octanol–water partition coefficient (Wildman–Crippen LogP) is 3.60. The average Bonchev–Trinajstić information content (AvgIpc) is 2.78. The van der Waals surface area contributed by atoms with E-state index in [1.807, 2.05) is 30.5 Å². The third kappa shape index (κ3) is 4.38. The molecule has 1 aliphatic heterocycles. The van der Waals surface area contributed by atoms with Gasteiger partial charge in [0.05, 0.1) is 0 Å². The lowest BCUT2D eigenvalue weighted by molar-refractivity contribution is -0.126. The van der Waals surface area contributed by atoms with Crippen molar-refractivity contribution in [2.75, 3.05) is 12.0 Å². The van der Waals surface area contributed by atoms with Gasteiger partial charge >= 0.3 is 0 Å². The Hall–Kier alpha value is -1.49. The molecule has 4 nitrogen and oxygen atoms in total. The van der Waals surface area contributed by atoms with Crippen molar-refractivity contribution < 1.29 is 9.59 Å². The van der Waals surface area contributed by atoms with Crippen LogP contribution in [0, 0.1) is 0 Å². The maximum atomic E-state index is 13.0. The van der Waals surface area contributed by atoms with E-state index in [1.165, 1.54) is 25.7 Å². The largest absolute Gasteiger partial charge is 0.352 e. The van der Waals surface area contributed by atoms with Gasteiger partial charge in [-0.1, -0.05) is 43.9 Å². The second-order valence-corrected chi connectivity index (χ2v) is 8.07. The van der Waals surface area contributed by atoms with Crippen LogP contribution in [0.1, 0.15) is 60.9 Å². The molecule has 136 valence electrons. The summed E-state index contributed by atoms with van der Waals surface area (Å²) >= 11 is 1.72. The van der Waals surface area contributed by atoms with E-state index in [0.29, 0.717) is 13.0 Å². The van der Waals surface area contributed by atoms with E-state index < -0.39 is 0 Å². The topological polar surface area (TPSA) is 49.4 Å². The molecule has 1 N–H and O–H groups in total. The summed E-state index contributed by atoms with van der Waals surface area (Å²) in [6, 6.07) is 7.61. The third-order valence-corrected chi connectivity index (χ3v) is 5.97. The zero-order chi connectivity index (χ0) is 17.6. The summed E-state index contributed by atoms with van der Waals surface area (Å²) in [5, 5.41) is 3.25. The number of rotatable bonds is 6. The summed E-state index contributed by atoms with van der Waals surface area (Å²) in [6.45, 7) is 0.548. The fourth-order valence-electron chi connectivity index (χ4n) is 3.91. The summed E-state index contributed by atoms with van der Waals surface area (Å²) in [7, 11) is 0. The highest BCUT2D eigenvalue weighted by Crippen LogP contribution is 2.26. The highest BCUT2D eigenvalue weighted by molar-refractivity contribution is 7.98. The van der Waals surface area contributed by atoms with E-state index in [1.54, 1.807) is 16.7 Å². The fraction of sp³-hybridized carbons (Fsp3) is 0.600. The van der Waals surface area contributed by atoms with Crippen molar-refractivity contribution in [3.05, 3.63) is 35.4 Å². The Morgan fingerprint density at radius 3 is 2.64 bits per heavy atom. The van der Waals surface area contributed by atoms with Gasteiger partial charge in [0.25, 0.3) is 5.91 Å². The molecule has 1 heterocycles. The number of thioether (sulfide) groups is 1. The SMILES string of the molecule is CSCCC(C(=O)NC1CCCCCC1)N1Cc2ccccc2C1=O. The second kappa shape index (κ2) is 8.75. The van der Waals surface area contributed by atoms with Gasteiger partial charge in [0.15, 0.2) is 0 Å². The molecule has 1 aromatic rings. The predicted molar refractivity (Wildman–Crippen MR) is 103 cm³/mol. The summed E-state index contributed by atoms with van der Waals surface area (Å²) in [6.07, 6.45) is 9.79. The first-order chi connectivity index (χ1) is 12.2. The van der Waals surface area contributed by atoms with Crippen molar-refractivity contribution >= 4 is 23.6 Å². The van der Waals surface area contributed by atoms with Crippen molar-refractivity contribution in [3.63, 3.8) is 0 Å². The molecule has 0 aromatic heterocycles. The highest BCUT2D eigenvalue weighted by atomic mass is 32.2. The van der Waals surface area contributed by atoms with E-state index in [9.17, 15) is 9.59 Å². The molecule has 1 aliphatic carbocycles. The maximum Gasteiger partial charge on any atom is 0.255 e. The molecule has 1 fully saturated rings. The average molecular weight is 361 g/mol. The third-order valence-electron chi connectivity index (χ3n) is 5.33. The molecule has 1 saturated carbocycles. The zero-order valence-corrected chi connectivity index (χ0v) is 15.8. The van der Waals surface area contributed by atoms with Gasteiger partial charge in [-0.05, 0) is 42.9 Å². The van der Waals surface area contributed by atoms with Gasteiger partial charge in [0.1, 0.15) is 6.04 Å². The van der Waals surface area contributed by atoms with Crippen LogP contribution >= 0.6 is 11.8 Å². The first kappa shape index (κ1) is 18.3. The number of fused-ring (bicyclic) bond motifs is 1. The smallest absolute Gasteiger partial charge is 0.255 e. The molecule has 0 spiro atoms. The molecule has 25 heavy (non-hydrogen) atoms. The van der Waals surface area contributed by atoms with Crippen LogP contribution < -0.4 is 5.32 Å². The van der Waals surface area contributed by atoms with Gasteiger partial charge in [-0.3, -0.25) is 9.59 Å². The summed E-state index contributed by atoms with van der Waals surface area (Å²) in [5.41, 5.74) is 1.78. The molecular formula is C20H28N2O2S. The lowest BCUT2D eigenvalue weighted by Crippen LogP contribution is -2.50. The number of hydrogen-bond donors (Lipinski definition) is 1. The number of nitrogens with one attached hydrogen (secondary N) is 1. The summed E-state index contributed by atoms with van der Waals surface area (Å²) < 4.78 is 0. The molecule has 0 bridgehead atoms. The van der Waals surface area contributed by atoms with E-state index in [0.717, 1.165) is 29.7 Å². The molecule has 0 radical (unpaired) electrons. The molecular weight excluding hydrogens is 332 g/mol. The highest BCUT2D eigenvalue weighted by Gasteiger charge is 2.36. The van der Waals surface area contributed by atoms with Crippen LogP contribution in [0.3, 0.4) is 0 Å². The van der Waals surface area contributed by atoms with Gasteiger partial charge in [0.2, 0.25) is 5.91 Å². The van der Waals surface area contributed by atoms with Crippen molar-refractivity contribution in [1.29, 1.82) is 0 Å². The van der Waals surface area contributed by atoms with Crippen LogP contribution in [0.25, 0.3) is 0 Å². The Morgan fingerprint density at radius 1 is 1.24 bits per heavy atom. The second-order valence-electron chi connectivity index (χ2n) is 7.08. The molecule has 2 aliphatic rings. The minimum absolute atomic E-state index is 0.00211. The summed E-state index contributed by atoms with van der Waals surface area (Å²) in [5.74, 6) is 0.905. The number of benzene rings is 1. The number of carbonyl (C=O) groups is 2. The Labute approximate surface area is 154 Å². The van der Waals surface area contributed by atoms with E-state index in [-0.39, 0.29) is 23.9 Å². The number of carbonyl (C=O) groups excluding carboxylic acids is 2. The van der Waals surface area contributed by atoms with Crippen molar-refractivity contribution in [3.8, 4) is 0 Å². The first-order valence-electron chi connectivity index (χ1n) is 9.39. The van der Waals surface area contributed by atoms with E-state index in [4.69, 9.17) is 0 Å². The minimum atomic E-state index is -0.365. The molecule has 1 atom stereocenters. The number of nitrogens with zero attached hydrogens (tertiary/aromatic N) is 1. The standard InChI is InChI=1S/C20H28N2O2S/c1-25-13-12-18(19(23)21-16-9-4-2-3-5-10-16)22-14-15-8-6-7-11-17(15)20(22)24/h6-8,11,16,18H,2-5,9-10,12-14H2,1H3,(H,21,23). The molecule has 1 aromatic carbocycles. The maximum absolute atomic E-state index is 13.0. The van der Waals surface area contributed by atoms with E-state index >= 15 is 0 Å². The monoisotopic (exact) mass is 360 g/mol. The van der Waals surface area contributed by atoms with Crippen LogP contribution in [-0.4, -0.2) is 40.8 Å². The molecule has 2 amide bonds. The lowest BCUT2D eigenvalue weighted by Gasteiger charge is -2.29. The van der Waals surface area contributed by atoms with Gasteiger partial charge in [-0.2, -0.15) is 11.8 Å². The molecule has 0 saturated heterocycles. The lowest BCUT2D eigenvalue weighted by atomic mass is 10.1. The minimum Gasteiger partial charge on any atom is -0.352 e. The van der Waals surface area contributed by atoms with Crippen LogP contribution in [0.4, 0.5) is 0 Å². The Bertz CT molecular complexity index is 611. The van der Waals surface area contributed by atoms with Crippen LogP contribution in [0.2, 0.25) is 0 Å². The molecule has 1 unspecified atom stereocenters. The summed E-state index contributed by atoms with van der Waals surface area (Å²) in [4.78, 5) is 27.6. The van der Waals surface area contributed by atoms with Crippen molar-refractivity contribution in [2.45, 2.75) is 63.6 Å². The Morgan fingerprint density at radius 2 is 1.96 bits per heavy atom. The van der Waals surface area contributed by atoms with Gasteiger partial charge in [-0.15, -0.1) is 0 Å². The molecule has 3 rings (SSSR count). The Balaban J connectivity index is 1.71.